The van der Waals surface area contributed by atoms with Crippen LogP contribution in [0.1, 0.15) is 48.4 Å². The van der Waals surface area contributed by atoms with Crippen LogP contribution in [-0.4, -0.2) is 18.3 Å². The molecule has 6 nitrogen and oxygen atoms in total. The smallest absolute Gasteiger partial charge is 0.286 e. The van der Waals surface area contributed by atoms with Gasteiger partial charge in [0.1, 0.15) is 5.76 Å². The number of hydrogen-bond donors (Lipinski definition) is 0. The Hall–Kier alpha value is -2.21. The summed E-state index contributed by atoms with van der Waals surface area (Å²) < 4.78 is 11.1. The first-order valence-electron chi connectivity index (χ1n) is 7.29. The minimum Gasteiger partial charge on any atom is -0.455 e. The van der Waals surface area contributed by atoms with Crippen LogP contribution in [0.3, 0.4) is 0 Å². The van der Waals surface area contributed by atoms with Gasteiger partial charge in [-0.05, 0) is 43.4 Å². The molecule has 1 aromatic heterocycles. The summed E-state index contributed by atoms with van der Waals surface area (Å²) in [6.07, 6.45) is 6.53. The maximum atomic E-state index is 11.6. The van der Waals surface area contributed by atoms with Crippen LogP contribution in [0.25, 0.3) is 0 Å². The molecule has 0 bridgehead atoms. The normalized spacial score (nSPS) is 24.7. The van der Waals surface area contributed by atoms with Crippen molar-refractivity contribution < 1.29 is 18.9 Å². The molecule has 0 fully saturated rings. The summed E-state index contributed by atoms with van der Waals surface area (Å²) in [5.41, 5.74) is 0.944. The van der Waals surface area contributed by atoms with Crippen molar-refractivity contribution in [3.05, 3.63) is 56.7 Å². The average Bonchev–Trinajstić information content (AvgIpc) is 3.02. The summed E-state index contributed by atoms with van der Waals surface area (Å²) in [6, 6.07) is 3.09. The molecule has 0 aliphatic heterocycles. The zero-order chi connectivity index (χ0) is 15.7. The molecule has 6 heteroatoms. The van der Waals surface area contributed by atoms with Gasteiger partial charge in [-0.2, -0.15) is 0 Å². The molecule has 0 saturated heterocycles. The molecule has 0 radical (unpaired) electrons. The first kappa shape index (κ1) is 14.7. The molecule has 1 aromatic rings. The van der Waals surface area contributed by atoms with Crippen LogP contribution in [0.4, 0.5) is 0 Å². The van der Waals surface area contributed by atoms with Gasteiger partial charge >= 0.3 is 0 Å². The molecule has 116 valence electrons. The molecule has 0 aromatic carbocycles. The monoisotopic (exact) mass is 303 g/mol. The number of carbonyl (C=O) groups is 1. The third-order valence-electron chi connectivity index (χ3n) is 4.50. The van der Waals surface area contributed by atoms with Crippen molar-refractivity contribution in [1.29, 1.82) is 0 Å². The first-order chi connectivity index (χ1) is 10.6. The van der Waals surface area contributed by atoms with Crippen LogP contribution in [-0.2, 0) is 10.3 Å². The topological polar surface area (TPSA) is 82.6 Å². The third-order valence-corrected chi connectivity index (χ3v) is 4.50. The van der Waals surface area contributed by atoms with Crippen molar-refractivity contribution in [2.24, 2.45) is 0 Å². The van der Waals surface area contributed by atoms with E-state index < -0.39 is 10.5 Å². The molecule has 2 aliphatic rings. The number of nitrogens with zero attached hydrogens (tertiary/aromatic N) is 1. The Kier molecular flexibility index (Phi) is 3.70. The quantitative estimate of drug-likeness (QED) is 0.484. The van der Waals surface area contributed by atoms with Crippen molar-refractivity contribution in [2.75, 3.05) is 7.11 Å². The fourth-order valence-corrected chi connectivity index (χ4v) is 3.36. The van der Waals surface area contributed by atoms with Crippen molar-refractivity contribution >= 4 is 6.29 Å². The summed E-state index contributed by atoms with van der Waals surface area (Å²) in [4.78, 5) is 22.0. The van der Waals surface area contributed by atoms with Crippen LogP contribution in [0.15, 0.2) is 39.5 Å². The molecule has 3 rings (SSSR count). The van der Waals surface area contributed by atoms with Gasteiger partial charge in [0.15, 0.2) is 12.0 Å². The summed E-state index contributed by atoms with van der Waals surface area (Å²) >= 11 is 0. The minimum atomic E-state index is -1.26. The largest absolute Gasteiger partial charge is 0.455 e. The van der Waals surface area contributed by atoms with Gasteiger partial charge in [0.05, 0.1) is 4.92 Å². The van der Waals surface area contributed by atoms with Crippen molar-refractivity contribution in [3.63, 3.8) is 0 Å². The standard InChI is InChI=1S/C16H17NO5/c1-21-16(15-7-6-13(10-18)22-15)9-12-5-3-2-4-11(12)8-14(16)17(19)20/h6-8,10H,2-5,9H2,1H3. The predicted molar refractivity (Wildman–Crippen MR) is 78.0 cm³/mol. The lowest BCUT2D eigenvalue weighted by molar-refractivity contribution is -0.448. The Labute approximate surface area is 127 Å². The van der Waals surface area contributed by atoms with Crippen molar-refractivity contribution in [1.82, 2.24) is 0 Å². The van der Waals surface area contributed by atoms with Crippen LogP contribution >= 0.6 is 0 Å². The van der Waals surface area contributed by atoms with E-state index in [1.54, 1.807) is 12.1 Å². The fourth-order valence-electron chi connectivity index (χ4n) is 3.36. The third kappa shape index (κ3) is 2.20. The van der Waals surface area contributed by atoms with E-state index in [0.717, 1.165) is 31.3 Å². The highest BCUT2D eigenvalue weighted by Gasteiger charge is 2.50. The van der Waals surface area contributed by atoms with Gasteiger partial charge in [-0.3, -0.25) is 14.9 Å². The number of furan rings is 1. The minimum absolute atomic E-state index is 0.0255. The average molecular weight is 303 g/mol. The van der Waals surface area contributed by atoms with E-state index in [4.69, 9.17) is 9.15 Å². The lowest BCUT2D eigenvalue weighted by Crippen LogP contribution is -2.37. The molecular weight excluding hydrogens is 286 g/mol. The van der Waals surface area contributed by atoms with Crippen LogP contribution in [0, 0.1) is 10.1 Å². The van der Waals surface area contributed by atoms with Crippen LogP contribution < -0.4 is 0 Å². The molecule has 1 heterocycles. The Morgan fingerprint density at radius 2 is 2.14 bits per heavy atom. The highest BCUT2D eigenvalue weighted by molar-refractivity contribution is 5.70. The summed E-state index contributed by atoms with van der Waals surface area (Å²) in [5.74, 6) is 0.440. The van der Waals surface area contributed by atoms with E-state index in [-0.39, 0.29) is 11.5 Å². The number of carbonyl (C=O) groups excluding carboxylic acids is 1. The zero-order valence-electron chi connectivity index (χ0n) is 12.3. The molecule has 0 amide bonds. The van der Waals surface area contributed by atoms with E-state index in [9.17, 15) is 14.9 Å². The maximum absolute atomic E-state index is 11.6. The van der Waals surface area contributed by atoms with Crippen LogP contribution in [0.5, 0.6) is 0 Å². The van der Waals surface area contributed by atoms with E-state index in [2.05, 4.69) is 0 Å². The second-order valence-corrected chi connectivity index (χ2v) is 5.65. The van der Waals surface area contributed by atoms with Gasteiger partial charge in [-0.15, -0.1) is 0 Å². The first-order valence-corrected chi connectivity index (χ1v) is 7.29. The van der Waals surface area contributed by atoms with Gasteiger partial charge in [0.2, 0.25) is 5.60 Å². The molecule has 22 heavy (non-hydrogen) atoms. The molecule has 0 N–H and O–H groups in total. The molecule has 1 unspecified atom stereocenters. The van der Waals surface area contributed by atoms with Gasteiger partial charge < -0.3 is 9.15 Å². The highest BCUT2D eigenvalue weighted by atomic mass is 16.6. The summed E-state index contributed by atoms with van der Waals surface area (Å²) in [6.45, 7) is 0. The summed E-state index contributed by atoms with van der Waals surface area (Å²) in [5, 5.41) is 11.6. The fraction of sp³-hybridized carbons (Fsp3) is 0.438. The second-order valence-electron chi connectivity index (χ2n) is 5.65. The molecule has 2 aliphatic carbocycles. The molecular formula is C16H17NO5. The zero-order valence-corrected chi connectivity index (χ0v) is 12.3. The number of nitro groups is 1. The number of hydrogen-bond acceptors (Lipinski definition) is 5. The Balaban J connectivity index is 2.13. The number of methoxy groups -OCH3 is 1. The Bertz CT molecular complexity index is 684. The number of ether oxygens (including phenoxy) is 1. The molecule has 0 saturated carbocycles. The molecule has 1 atom stereocenters. The summed E-state index contributed by atoms with van der Waals surface area (Å²) in [7, 11) is 1.44. The van der Waals surface area contributed by atoms with Crippen LogP contribution in [0.2, 0.25) is 0 Å². The predicted octanol–water partition coefficient (Wildman–Crippen LogP) is 3.37. The van der Waals surface area contributed by atoms with E-state index in [1.165, 1.54) is 18.7 Å². The van der Waals surface area contributed by atoms with Gasteiger partial charge in [0, 0.05) is 19.6 Å². The lowest BCUT2D eigenvalue weighted by atomic mass is 9.76. The molecule has 0 spiro atoms. The Morgan fingerprint density at radius 3 is 2.77 bits per heavy atom. The van der Waals surface area contributed by atoms with Gasteiger partial charge in [-0.25, -0.2) is 0 Å². The van der Waals surface area contributed by atoms with E-state index in [1.807, 2.05) is 0 Å². The SMILES string of the molecule is COC1(c2ccc(C=O)o2)CC2=C(C=C1[N+](=O)[O-])CCCC2. The lowest BCUT2D eigenvalue weighted by Gasteiger charge is -2.34. The number of aldehydes is 1. The van der Waals surface area contributed by atoms with E-state index in [0.29, 0.717) is 18.5 Å². The highest BCUT2D eigenvalue weighted by Crippen LogP contribution is 2.47. The number of allylic oxidation sites excluding steroid dienone is 2. The van der Waals surface area contributed by atoms with Crippen molar-refractivity contribution in [2.45, 2.75) is 37.7 Å². The Morgan fingerprint density at radius 1 is 1.36 bits per heavy atom. The van der Waals surface area contributed by atoms with E-state index >= 15 is 0 Å². The van der Waals surface area contributed by atoms with Gasteiger partial charge in [0.25, 0.3) is 5.70 Å². The van der Waals surface area contributed by atoms with Gasteiger partial charge in [-0.1, -0.05) is 5.57 Å². The second kappa shape index (κ2) is 5.53. The maximum Gasteiger partial charge on any atom is 0.286 e. The number of rotatable bonds is 4. The van der Waals surface area contributed by atoms with Crippen molar-refractivity contribution in [3.8, 4) is 0 Å².